The lowest BCUT2D eigenvalue weighted by molar-refractivity contribution is 0.178. The average molecular weight is 267 g/mol. The molecule has 0 aromatic carbocycles. The van der Waals surface area contributed by atoms with Crippen LogP contribution in [0.15, 0.2) is 0 Å². The number of nitrogens with one attached hydrogen (secondary N) is 1. The van der Waals surface area contributed by atoms with E-state index < -0.39 is 0 Å². The molecule has 0 unspecified atom stereocenters. The minimum absolute atomic E-state index is 0.268. The van der Waals surface area contributed by atoms with E-state index in [4.69, 9.17) is 5.73 Å². The Bertz CT molecular complexity index is 279. The molecule has 1 atom stereocenters. The SMILES string of the molecule is C[C@@H](NC1CCN(C(N)=O)CC1)C1CCCCCC1. The standard InChI is InChI=1S/C15H29N3O/c1-12(13-6-4-2-3-5-7-13)17-14-8-10-18(11-9-14)15(16)19/h12-14,17H,2-11H2,1H3,(H2,16,19)/t12-/m1/s1. The van der Waals surface area contributed by atoms with Gasteiger partial charge >= 0.3 is 6.03 Å². The van der Waals surface area contributed by atoms with Crippen molar-refractivity contribution in [1.82, 2.24) is 10.2 Å². The Morgan fingerprint density at radius 3 is 2.21 bits per heavy atom. The molecule has 1 heterocycles. The monoisotopic (exact) mass is 267 g/mol. The fourth-order valence-corrected chi connectivity index (χ4v) is 3.59. The van der Waals surface area contributed by atoms with E-state index in [2.05, 4.69) is 12.2 Å². The van der Waals surface area contributed by atoms with Crippen LogP contribution in [0.1, 0.15) is 58.3 Å². The molecule has 110 valence electrons. The van der Waals surface area contributed by atoms with Crippen molar-refractivity contribution in [2.45, 2.75) is 70.4 Å². The van der Waals surface area contributed by atoms with Crippen molar-refractivity contribution in [2.24, 2.45) is 11.7 Å². The Morgan fingerprint density at radius 2 is 1.68 bits per heavy atom. The lowest BCUT2D eigenvalue weighted by Gasteiger charge is -2.35. The molecule has 4 heteroatoms. The smallest absolute Gasteiger partial charge is 0.314 e. The average Bonchev–Trinajstić information content (AvgIpc) is 2.68. The number of hydrogen-bond acceptors (Lipinski definition) is 2. The molecule has 0 radical (unpaired) electrons. The molecule has 2 rings (SSSR count). The van der Waals surface area contributed by atoms with Crippen molar-refractivity contribution in [3.8, 4) is 0 Å². The summed E-state index contributed by atoms with van der Waals surface area (Å²) in [4.78, 5) is 12.9. The van der Waals surface area contributed by atoms with Gasteiger partial charge in [0, 0.05) is 25.2 Å². The second-order valence-corrected chi connectivity index (χ2v) is 6.31. The van der Waals surface area contributed by atoms with E-state index in [1.807, 2.05) is 0 Å². The van der Waals surface area contributed by atoms with Crippen LogP contribution in [-0.4, -0.2) is 36.1 Å². The highest BCUT2D eigenvalue weighted by atomic mass is 16.2. The van der Waals surface area contributed by atoms with Gasteiger partial charge < -0.3 is 16.0 Å². The topological polar surface area (TPSA) is 58.4 Å². The second-order valence-electron chi connectivity index (χ2n) is 6.31. The van der Waals surface area contributed by atoms with E-state index in [1.165, 1.54) is 38.5 Å². The van der Waals surface area contributed by atoms with Crippen LogP contribution >= 0.6 is 0 Å². The number of amides is 2. The van der Waals surface area contributed by atoms with Gasteiger partial charge in [0.1, 0.15) is 0 Å². The molecule has 1 saturated carbocycles. The molecule has 0 aromatic heterocycles. The van der Waals surface area contributed by atoms with Crippen LogP contribution in [-0.2, 0) is 0 Å². The third kappa shape index (κ3) is 4.37. The summed E-state index contributed by atoms with van der Waals surface area (Å²) in [5, 5.41) is 3.80. The first-order valence-electron chi connectivity index (χ1n) is 7.97. The summed E-state index contributed by atoms with van der Waals surface area (Å²) in [7, 11) is 0. The second kappa shape index (κ2) is 7.13. The fourth-order valence-electron chi connectivity index (χ4n) is 3.59. The number of urea groups is 1. The number of nitrogens with two attached hydrogens (primary N) is 1. The summed E-state index contributed by atoms with van der Waals surface area (Å²) in [5.74, 6) is 0.844. The van der Waals surface area contributed by atoms with Gasteiger partial charge in [0.25, 0.3) is 0 Å². The molecular weight excluding hydrogens is 238 g/mol. The Kier molecular flexibility index (Phi) is 5.49. The number of hydrogen-bond donors (Lipinski definition) is 2. The third-order valence-electron chi connectivity index (χ3n) is 4.91. The van der Waals surface area contributed by atoms with E-state index in [0.29, 0.717) is 12.1 Å². The zero-order valence-corrected chi connectivity index (χ0v) is 12.2. The maximum atomic E-state index is 11.1. The molecule has 4 nitrogen and oxygen atoms in total. The molecule has 1 aliphatic heterocycles. The van der Waals surface area contributed by atoms with Gasteiger partial charge in [0.2, 0.25) is 0 Å². The lowest BCUT2D eigenvalue weighted by atomic mass is 9.91. The molecule has 19 heavy (non-hydrogen) atoms. The minimum Gasteiger partial charge on any atom is -0.351 e. The highest BCUT2D eigenvalue weighted by Crippen LogP contribution is 2.26. The van der Waals surface area contributed by atoms with Gasteiger partial charge in [0.15, 0.2) is 0 Å². The van der Waals surface area contributed by atoms with Gasteiger partial charge in [0.05, 0.1) is 0 Å². The summed E-state index contributed by atoms with van der Waals surface area (Å²) < 4.78 is 0. The zero-order valence-electron chi connectivity index (χ0n) is 12.2. The number of rotatable bonds is 3. The summed E-state index contributed by atoms with van der Waals surface area (Å²) in [6, 6.07) is 0.910. The number of likely N-dealkylation sites (tertiary alicyclic amines) is 1. The maximum Gasteiger partial charge on any atom is 0.314 e. The Labute approximate surface area is 117 Å². The summed E-state index contributed by atoms with van der Waals surface area (Å²) in [5.41, 5.74) is 5.31. The van der Waals surface area contributed by atoms with Crippen LogP contribution in [0.4, 0.5) is 4.79 Å². The number of piperidine rings is 1. The first kappa shape index (κ1) is 14.6. The van der Waals surface area contributed by atoms with Crippen LogP contribution in [0, 0.1) is 5.92 Å². The van der Waals surface area contributed by atoms with Crippen molar-refractivity contribution in [3.63, 3.8) is 0 Å². The van der Waals surface area contributed by atoms with Crippen molar-refractivity contribution in [3.05, 3.63) is 0 Å². The molecule has 0 bridgehead atoms. The van der Waals surface area contributed by atoms with Gasteiger partial charge in [-0.2, -0.15) is 0 Å². The van der Waals surface area contributed by atoms with E-state index in [9.17, 15) is 4.79 Å². The number of primary amides is 1. The molecule has 2 amide bonds. The van der Waals surface area contributed by atoms with Crippen LogP contribution < -0.4 is 11.1 Å². The van der Waals surface area contributed by atoms with Crippen LogP contribution in [0.2, 0.25) is 0 Å². The maximum absolute atomic E-state index is 11.1. The lowest BCUT2D eigenvalue weighted by Crippen LogP contribution is -2.49. The van der Waals surface area contributed by atoms with Crippen LogP contribution in [0.25, 0.3) is 0 Å². The third-order valence-corrected chi connectivity index (χ3v) is 4.91. The Balaban J connectivity index is 1.73. The van der Waals surface area contributed by atoms with E-state index in [-0.39, 0.29) is 6.03 Å². The van der Waals surface area contributed by atoms with Gasteiger partial charge in [-0.1, -0.05) is 25.7 Å². The largest absolute Gasteiger partial charge is 0.351 e. The molecular formula is C15H29N3O. The number of carbonyl (C=O) groups is 1. The quantitative estimate of drug-likeness (QED) is 0.772. The van der Waals surface area contributed by atoms with Gasteiger partial charge in [-0.05, 0) is 38.5 Å². The van der Waals surface area contributed by atoms with E-state index >= 15 is 0 Å². The fraction of sp³-hybridized carbons (Fsp3) is 0.933. The molecule has 1 saturated heterocycles. The number of nitrogens with zero attached hydrogens (tertiary/aromatic N) is 1. The first-order valence-corrected chi connectivity index (χ1v) is 7.97. The predicted molar refractivity (Wildman–Crippen MR) is 78.0 cm³/mol. The summed E-state index contributed by atoms with van der Waals surface area (Å²) >= 11 is 0. The molecule has 0 spiro atoms. The van der Waals surface area contributed by atoms with Gasteiger partial charge in [-0.15, -0.1) is 0 Å². The van der Waals surface area contributed by atoms with Gasteiger partial charge in [-0.25, -0.2) is 4.79 Å². The molecule has 2 fully saturated rings. The summed E-state index contributed by atoms with van der Waals surface area (Å²) in [6.07, 6.45) is 10.5. The molecule has 1 aliphatic carbocycles. The van der Waals surface area contributed by atoms with Crippen LogP contribution in [0.3, 0.4) is 0 Å². The highest BCUT2D eigenvalue weighted by molar-refractivity contribution is 5.72. The minimum atomic E-state index is -0.268. The normalized spacial score (nSPS) is 25.0. The van der Waals surface area contributed by atoms with Crippen molar-refractivity contribution < 1.29 is 4.79 Å². The zero-order chi connectivity index (χ0) is 13.7. The van der Waals surface area contributed by atoms with Gasteiger partial charge in [-0.3, -0.25) is 0 Å². The molecule has 0 aromatic rings. The van der Waals surface area contributed by atoms with Crippen LogP contribution in [0.5, 0.6) is 0 Å². The Morgan fingerprint density at radius 1 is 1.11 bits per heavy atom. The summed E-state index contributed by atoms with van der Waals surface area (Å²) in [6.45, 7) is 3.96. The van der Waals surface area contributed by atoms with E-state index in [0.717, 1.165) is 31.8 Å². The molecule has 2 aliphatic rings. The Hall–Kier alpha value is -0.770. The van der Waals surface area contributed by atoms with Crippen molar-refractivity contribution in [2.75, 3.05) is 13.1 Å². The van der Waals surface area contributed by atoms with Crippen molar-refractivity contribution >= 4 is 6.03 Å². The number of carbonyl (C=O) groups excluding carboxylic acids is 1. The van der Waals surface area contributed by atoms with E-state index in [1.54, 1.807) is 4.90 Å². The first-order chi connectivity index (χ1) is 9.16. The highest BCUT2D eigenvalue weighted by Gasteiger charge is 2.25. The predicted octanol–water partition coefficient (Wildman–Crippen LogP) is 2.48. The molecule has 3 N–H and O–H groups in total. The van der Waals surface area contributed by atoms with Crippen molar-refractivity contribution in [1.29, 1.82) is 0 Å².